The molecule has 1 aromatic carbocycles. The molecule has 2 rings (SSSR count). The Morgan fingerprint density at radius 2 is 2.25 bits per heavy atom. The minimum Gasteiger partial charge on any atom is -0.473 e. The van der Waals surface area contributed by atoms with Gasteiger partial charge in [-0.05, 0) is 18.6 Å². The maximum absolute atomic E-state index is 9.85. The first-order valence-electron chi connectivity index (χ1n) is 6.23. The molecule has 0 saturated carbocycles. The number of aliphatic hydroxyl groups excluding tert-OH is 1. The number of benzene rings is 1. The van der Waals surface area contributed by atoms with Crippen LogP contribution in [0.1, 0.15) is 18.5 Å². The van der Waals surface area contributed by atoms with Gasteiger partial charge in [-0.2, -0.15) is 4.37 Å². The van der Waals surface area contributed by atoms with E-state index < -0.39 is 6.10 Å². The summed E-state index contributed by atoms with van der Waals surface area (Å²) in [7, 11) is 0. The Kier molecular flexibility index (Phi) is 5.72. The van der Waals surface area contributed by atoms with Crippen molar-refractivity contribution in [3.05, 3.63) is 41.0 Å². The first kappa shape index (κ1) is 15.2. The highest BCUT2D eigenvalue weighted by molar-refractivity contribution is 6.99. The molecule has 20 heavy (non-hydrogen) atoms. The predicted molar refractivity (Wildman–Crippen MR) is 79.3 cm³/mol. The molecule has 2 aromatic rings. The Labute approximate surface area is 126 Å². The normalized spacial score (nSPS) is 13.9. The van der Waals surface area contributed by atoms with Crippen molar-refractivity contribution in [1.82, 2.24) is 14.1 Å². The van der Waals surface area contributed by atoms with Crippen LogP contribution in [0.4, 0.5) is 0 Å². The maximum Gasteiger partial charge on any atom is 0.245 e. The van der Waals surface area contributed by atoms with Gasteiger partial charge in [0, 0.05) is 17.6 Å². The average molecular weight is 314 g/mol. The van der Waals surface area contributed by atoms with Crippen LogP contribution in [0.25, 0.3) is 0 Å². The highest BCUT2D eigenvalue weighted by Crippen LogP contribution is 2.21. The summed E-state index contributed by atoms with van der Waals surface area (Å²) >= 11 is 7.19. The zero-order valence-electron chi connectivity index (χ0n) is 11.0. The molecule has 2 N–H and O–H groups in total. The smallest absolute Gasteiger partial charge is 0.245 e. The molecule has 0 amide bonds. The van der Waals surface area contributed by atoms with E-state index in [1.54, 1.807) is 0 Å². The number of hydrogen-bond donors (Lipinski definition) is 2. The highest BCUT2D eigenvalue weighted by atomic mass is 35.5. The van der Waals surface area contributed by atoms with E-state index in [1.807, 2.05) is 31.2 Å². The Morgan fingerprint density at radius 3 is 2.95 bits per heavy atom. The van der Waals surface area contributed by atoms with Gasteiger partial charge in [-0.15, -0.1) is 4.37 Å². The van der Waals surface area contributed by atoms with Gasteiger partial charge >= 0.3 is 0 Å². The second-order valence-corrected chi connectivity index (χ2v) is 5.33. The molecule has 1 aromatic heterocycles. The molecule has 0 saturated heterocycles. The van der Waals surface area contributed by atoms with Crippen LogP contribution in [-0.4, -0.2) is 33.1 Å². The second-order valence-electron chi connectivity index (χ2n) is 4.36. The molecule has 0 aliphatic carbocycles. The third-order valence-corrected chi connectivity index (χ3v) is 3.60. The molecule has 5 nitrogen and oxygen atoms in total. The lowest BCUT2D eigenvalue weighted by molar-refractivity contribution is 0.102. The number of nitrogens with zero attached hydrogens (tertiary/aromatic N) is 2. The van der Waals surface area contributed by atoms with Gasteiger partial charge in [-0.3, -0.25) is 0 Å². The van der Waals surface area contributed by atoms with Crippen LogP contribution in [0.15, 0.2) is 30.5 Å². The summed E-state index contributed by atoms with van der Waals surface area (Å²) in [5, 5.41) is 13.8. The quantitative estimate of drug-likeness (QED) is 0.821. The Hall–Kier alpha value is -1.21. The van der Waals surface area contributed by atoms with E-state index in [0.717, 1.165) is 17.3 Å². The molecule has 7 heteroatoms. The SMILES string of the molecule is C[C@H](NCC(O)COc1cnsn1)c1ccccc1Cl. The van der Waals surface area contributed by atoms with Gasteiger partial charge in [-0.1, -0.05) is 29.8 Å². The molecule has 0 fully saturated rings. The molecular weight excluding hydrogens is 298 g/mol. The standard InChI is InChI=1S/C13H16ClN3O2S/c1-9(11-4-2-3-5-12(11)14)15-6-10(18)8-19-13-7-16-20-17-13/h2-5,7,9-10,15,18H,6,8H2,1H3/t9-,10?/m0/s1. The lowest BCUT2D eigenvalue weighted by atomic mass is 10.1. The van der Waals surface area contributed by atoms with Crippen LogP contribution >= 0.6 is 23.3 Å². The van der Waals surface area contributed by atoms with Crippen LogP contribution in [0.5, 0.6) is 5.88 Å². The van der Waals surface area contributed by atoms with Gasteiger partial charge in [0.1, 0.15) is 18.9 Å². The van der Waals surface area contributed by atoms with Crippen molar-refractivity contribution in [2.45, 2.75) is 19.1 Å². The monoisotopic (exact) mass is 313 g/mol. The van der Waals surface area contributed by atoms with Crippen molar-refractivity contribution in [3.63, 3.8) is 0 Å². The summed E-state index contributed by atoms with van der Waals surface area (Å²) in [5.41, 5.74) is 1.01. The number of nitrogens with one attached hydrogen (secondary N) is 1. The van der Waals surface area contributed by atoms with E-state index >= 15 is 0 Å². The Balaban J connectivity index is 1.75. The molecule has 0 spiro atoms. The number of hydrogen-bond acceptors (Lipinski definition) is 6. The summed E-state index contributed by atoms with van der Waals surface area (Å²) in [6.07, 6.45) is 0.901. The summed E-state index contributed by atoms with van der Waals surface area (Å²) in [5.74, 6) is 0.438. The third-order valence-electron chi connectivity index (χ3n) is 2.80. The summed E-state index contributed by atoms with van der Waals surface area (Å²) < 4.78 is 13.0. The van der Waals surface area contributed by atoms with Crippen LogP contribution in [0.2, 0.25) is 5.02 Å². The van der Waals surface area contributed by atoms with E-state index in [0.29, 0.717) is 17.4 Å². The zero-order valence-corrected chi connectivity index (χ0v) is 12.6. The Bertz CT molecular complexity index is 524. The van der Waals surface area contributed by atoms with Crippen molar-refractivity contribution in [3.8, 4) is 5.88 Å². The molecule has 0 aliphatic rings. The van der Waals surface area contributed by atoms with Crippen molar-refractivity contribution in [2.24, 2.45) is 0 Å². The van der Waals surface area contributed by atoms with Crippen LogP contribution in [-0.2, 0) is 0 Å². The summed E-state index contributed by atoms with van der Waals surface area (Å²) in [4.78, 5) is 0. The average Bonchev–Trinajstić information content (AvgIpc) is 2.96. The molecule has 0 aliphatic heterocycles. The lowest BCUT2D eigenvalue weighted by Crippen LogP contribution is -2.33. The fourth-order valence-corrected chi connectivity index (χ4v) is 2.37. The van der Waals surface area contributed by atoms with Crippen molar-refractivity contribution in [2.75, 3.05) is 13.2 Å². The summed E-state index contributed by atoms with van der Waals surface area (Å²) in [6.45, 7) is 2.58. The maximum atomic E-state index is 9.85. The summed E-state index contributed by atoms with van der Waals surface area (Å²) in [6, 6.07) is 7.70. The van der Waals surface area contributed by atoms with E-state index in [4.69, 9.17) is 16.3 Å². The van der Waals surface area contributed by atoms with E-state index in [-0.39, 0.29) is 12.6 Å². The third kappa shape index (κ3) is 4.42. The minimum atomic E-state index is -0.623. The number of rotatable bonds is 7. The van der Waals surface area contributed by atoms with Crippen molar-refractivity contribution >= 4 is 23.3 Å². The van der Waals surface area contributed by atoms with Gasteiger partial charge in [0.15, 0.2) is 0 Å². The number of ether oxygens (including phenoxy) is 1. The van der Waals surface area contributed by atoms with E-state index in [9.17, 15) is 5.11 Å². The molecule has 1 heterocycles. The molecular formula is C13H16ClN3O2S. The van der Waals surface area contributed by atoms with Crippen molar-refractivity contribution in [1.29, 1.82) is 0 Å². The first-order valence-corrected chi connectivity index (χ1v) is 7.34. The van der Waals surface area contributed by atoms with Crippen LogP contribution in [0.3, 0.4) is 0 Å². The minimum absolute atomic E-state index is 0.0549. The fraction of sp³-hybridized carbons (Fsp3) is 0.385. The van der Waals surface area contributed by atoms with Gasteiger partial charge < -0.3 is 15.2 Å². The topological polar surface area (TPSA) is 67.3 Å². The zero-order chi connectivity index (χ0) is 14.4. The first-order chi connectivity index (χ1) is 9.66. The lowest BCUT2D eigenvalue weighted by Gasteiger charge is -2.18. The van der Waals surface area contributed by atoms with E-state index in [1.165, 1.54) is 6.20 Å². The van der Waals surface area contributed by atoms with Crippen LogP contribution in [0, 0.1) is 0 Å². The van der Waals surface area contributed by atoms with Crippen LogP contribution < -0.4 is 10.1 Å². The molecule has 2 atom stereocenters. The number of aromatic nitrogens is 2. The largest absolute Gasteiger partial charge is 0.473 e. The molecule has 1 unspecified atom stereocenters. The molecule has 108 valence electrons. The van der Waals surface area contributed by atoms with Crippen molar-refractivity contribution < 1.29 is 9.84 Å². The molecule has 0 bridgehead atoms. The van der Waals surface area contributed by atoms with E-state index in [2.05, 4.69) is 14.1 Å². The van der Waals surface area contributed by atoms with Gasteiger partial charge in [0.2, 0.25) is 5.88 Å². The van der Waals surface area contributed by atoms with Gasteiger partial charge in [0.25, 0.3) is 0 Å². The predicted octanol–water partition coefficient (Wildman–Crippen LogP) is 2.28. The van der Waals surface area contributed by atoms with Gasteiger partial charge in [0.05, 0.1) is 11.7 Å². The highest BCUT2D eigenvalue weighted by Gasteiger charge is 2.12. The number of aliphatic hydroxyl groups is 1. The second kappa shape index (κ2) is 7.54. The fourth-order valence-electron chi connectivity index (χ4n) is 1.71. The van der Waals surface area contributed by atoms with Gasteiger partial charge in [-0.25, -0.2) is 0 Å². The molecule has 0 radical (unpaired) electrons. The number of halogens is 1. The Morgan fingerprint density at radius 1 is 1.45 bits per heavy atom.